The van der Waals surface area contributed by atoms with Crippen molar-refractivity contribution >= 4 is 29.0 Å². The van der Waals surface area contributed by atoms with Gasteiger partial charge < -0.3 is 15.3 Å². The predicted molar refractivity (Wildman–Crippen MR) is 124 cm³/mol. The molecule has 5 rings (SSSR count). The molecule has 1 aromatic carbocycles. The number of benzene rings is 1. The van der Waals surface area contributed by atoms with Gasteiger partial charge in [-0.25, -0.2) is 9.37 Å². The van der Waals surface area contributed by atoms with Crippen molar-refractivity contribution in [1.29, 1.82) is 0 Å². The molecule has 0 radical (unpaired) electrons. The lowest BCUT2D eigenvalue weighted by molar-refractivity contribution is 0.0980. The van der Waals surface area contributed by atoms with Crippen LogP contribution in [0, 0.1) is 12.7 Å². The number of nitrogens with one attached hydrogen (secondary N) is 1. The van der Waals surface area contributed by atoms with Crippen LogP contribution >= 0.6 is 11.6 Å². The molecule has 9 heteroatoms. The van der Waals surface area contributed by atoms with Gasteiger partial charge in [-0.05, 0) is 37.8 Å². The minimum Gasteiger partial charge on any atom is -0.394 e. The quantitative estimate of drug-likeness (QED) is 0.571. The van der Waals surface area contributed by atoms with Crippen LogP contribution in [-0.2, 0) is 13.0 Å². The standard InChI is InChI=1S/C24H25ClFN5O2/c1-15-4-2-5-19(26)17(15)13-31-20-6-9-30(23(33)16(20)11-28-31)21-10-22(27-12-18(21)25)29-24(14-32)7-3-8-24/h2,4-5,10-12,32H,3,6-9,13-14H2,1H3,(H,27,29). The van der Waals surface area contributed by atoms with Crippen molar-refractivity contribution in [2.24, 2.45) is 0 Å². The van der Waals surface area contributed by atoms with E-state index >= 15 is 0 Å². The highest BCUT2D eigenvalue weighted by Crippen LogP contribution is 2.37. The molecule has 1 aliphatic heterocycles. The number of carbonyl (C=O) groups excluding carboxylic acids is 1. The van der Waals surface area contributed by atoms with Gasteiger partial charge in [0.25, 0.3) is 5.91 Å². The average Bonchev–Trinajstić information content (AvgIpc) is 3.19. The minimum absolute atomic E-state index is 0.0271. The van der Waals surface area contributed by atoms with Gasteiger partial charge in [0.2, 0.25) is 0 Å². The van der Waals surface area contributed by atoms with Gasteiger partial charge in [0.05, 0.1) is 53.1 Å². The Hall–Kier alpha value is -2.97. The van der Waals surface area contributed by atoms with Gasteiger partial charge in [-0.1, -0.05) is 23.7 Å². The third-order valence-electron chi connectivity index (χ3n) is 6.79. The van der Waals surface area contributed by atoms with E-state index in [1.165, 1.54) is 12.3 Å². The molecule has 3 aromatic rings. The number of pyridine rings is 1. The number of halogens is 2. The molecule has 2 aromatic heterocycles. The Kier molecular flexibility index (Phi) is 5.58. The molecule has 1 saturated carbocycles. The normalized spacial score (nSPS) is 17.0. The zero-order chi connectivity index (χ0) is 23.2. The lowest BCUT2D eigenvalue weighted by Gasteiger charge is -2.41. The third kappa shape index (κ3) is 3.87. The van der Waals surface area contributed by atoms with Crippen molar-refractivity contribution in [3.05, 3.63) is 69.9 Å². The molecule has 0 unspecified atom stereocenters. The molecule has 0 spiro atoms. The fraction of sp³-hybridized carbons (Fsp3) is 0.375. The first-order valence-corrected chi connectivity index (χ1v) is 11.4. The van der Waals surface area contributed by atoms with E-state index in [0.29, 0.717) is 40.6 Å². The summed E-state index contributed by atoms with van der Waals surface area (Å²) in [5.74, 6) is 0.0958. The van der Waals surface area contributed by atoms with E-state index in [1.54, 1.807) is 27.9 Å². The number of aliphatic hydroxyl groups is 1. The molecule has 2 N–H and O–H groups in total. The summed E-state index contributed by atoms with van der Waals surface area (Å²) in [7, 11) is 0. The zero-order valence-electron chi connectivity index (χ0n) is 18.3. The number of aliphatic hydroxyl groups excluding tert-OH is 1. The van der Waals surface area contributed by atoms with Crippen LogP contribution in [0.2, 0.25) is 5.02 Å². The molecule has 33 heavy (non-hydrogen) atoms. The minimum atomic E-state index is -0.358. The summed E-state index contributed by atoms with van der Waals surface area (Å²) < 4.78 is 16.0. The fourth-order valence-corrected chi connectivity index (χ4v) is 4.81. The van der Waals surface area contributed by atoms with Gasteiger partial charge in [0.1, 0.15) is 11.6 Å². The highest BCUT2D eigenvalue weighted by atomic mass is 35.5. The summed E-state index contributed by atoms with van der Waals surface area (Å²) in [4.78, 5) is 19.3. The second-order valence-corrected chi connectivity index (χ2v) is 9.25. The highest BCUT2D eigenvalue weighted by molar-refractivity contribution is 6.34. The number of hydrogen-bond acceptors (Lipinski definition) is 5. The van der Waals surface area contributed by atoms with E-state index in [4.69, 9.17) is 11.6 Å². The molecular formula is C24H25ClFN5O2. The van der Waals surface area contributed by atoms with Crippen molar-refractivity contribution < 1.29 is 14.3 Å². The largest absolute Gasteiger partial charge is 0.394 e. The van der Waals surface area contributed by atoms with Crippen molar-refractivity contribution in [3.63, 3.8) is 0 Å². The van der Waals surface area contributed by atoms with Crippen LogP contribution in [0.1, 0.15) is 46.4 Å². The van der Waals surface area contributed by atoms with E-state index in [0.717, 1.165) is 30.5 Å². The van der Waals surface area contributed by atoms with Crippen molar-refractivity contribution in [1.82, 2.24) is 14.8 Å². The maximum atomic E-state index is 14.3. The number of nitrogens with zero attached hydrogens (tertiary/aromatic N) is 4. The molecular weight excluding hydrogens is 445 g/mol. The molecule has 2 aliphatic rings. The monoisotopic (exact) mass is 469 g/mol. The Bertz CT molecular complexity index is 1200. The first-order valence-electron chi connectivity index (χ1n) is 11.1. The zero-order valence-corrected chi connectivity index (χ0v) is 19.1. The number of rotatable bonds is 6. The van der Waals surface area contributed by atoms with Crippen LogP contribution in [0.25, 0.3) is 0 Å². The molecule has 0 saturated heterocycles. The lowest BCUT2D eigenvalue weighted by atomic mass is 9.77. The smallest absolute Gasteiger partial charge is 0.261 e. The maximum Gasteiger partial charge on any atom is 0.261 e. The molecule has 7 nitrogen and oxygen atoms in total. The Morgan fingerprint density at radius 2 is 2.12 bits per heavy atom. The Labute approximate surface area is 196 Å². The molecule has 1 amide bonds. The number of fused-ring (bicyclic) bond motifs is 1. The first kappa shape index (κ1) is 21.9. The van der Waals surface area contributed by atoms with Crippen LogP contribution in [0.5, 0.6) is 0 Å². The Balaban J connectivity index is 1.41. The van der Waals surface area contributed by atoms with Gasteiger partial charge in [-0.3, -0.25) is 9.48 Å². The summed E-state index contributed by atoms with van der Waals surface area (Å²) in [6, 6.07) is 6.74. The van der Waals surface area contributed by atoms with Crippen molar-refractivity contribution in [2.75, 3.05) is 23.4 Å². The van der Waals surface area contributed by atoms with Gasteiger partial charge in [0, 0.05) is 24.6 Å². The van der Waals surface area contributed by atoms with E-state index in [2.05, 4.69) is 15.4 Å². The summed E-state index contributed by atoms with van der Waals surface area (Å²) in [6.45, 7) is 2.58. The van der Waals surface area contributed by atoms with Gasteiger partial charge >= 0.3 is 0 Å². The third-order valence-corrected chi connectivity index (χ3v) is 7.08. The summed E-state index contributed by atoms with van der Waals surface area (Å²) in [5, 5.41) is 17.8. The number of aromatic nitrogens is 3. The molecule has 1 fully saturated rings. The molecule has 172 valence electrons. The van der Waals surface area contributed by atoms with Gasteiger partial charge in [-0.15, -0.1) is 0 Å². The second-order valence-electron chi connectivity index (χ2n) is 8.84. The van der Waals surface area contributed by atoms with E-state index < -0.39 is 0 Å². The molecule has 3 heterocycles. The van der Waals surface area contributed by atoms with Crippen LogP contribution in [0.15, 0.2) is 36.7 Å². The Morgan fingerprint density at radius 1 is 1.30 bits per heavy atom. The molecule has 0 atom stereocenters. The highest BCUT2D eigenvalue weighted by Gasteiger charge is 2.37. The van der Waals surface area contributed by atoms with Crippen LogP contribution in [-0.4, -0.2) is 44.5 Å². The average molecular weight is 470 g/mol. The molecule has 0 bridgehead atoms. The van der Waals surface area contributed by atoms with Crippen LogP contribution < -0.4 is 10.2 Å². The summed E-state index contributed by atoms with van der Waals surface area (Å²) in [6.07, 6.45) is 6.43. The van der Waals surface area contributed by atoms with Crippen molar-refractivity contribution in [3.8, 4) is 0 Å². The lowest BCUT2D eigenvalue weighted by Crippen LogP contribution is -2.48. The van der Waals surface area contributed by atoms with E-state index in [1.807, 2.05) is 13.0 Å². The number of carbonyl (C=O) groups is 1. The summed E-state index contributed by atoms with van der Waals surface area (Å²) >= 11 is 6.43. The van der Waals surface area contributed by atoms with Gasteiger partial charge in [0.15, 0.2) is 0 Å². The second kappa shape index (κ2) is 8.43. The van der Waals surface area contributed by atoms with Gasteiger partial charge in [-0.2, -0.15) is 5.10 Å². The summed E-state index contributed by atoms with van der Waals surface area (Å²) in [5.41, 5.74) is 2.90. The van der Waals surface area contributed by atoms with E-state index in [9.17, 15) is 14.3 Å². The number of anilines is 2. The SMILES string of the molecule is Cc1cccc(F)c1Cn1ncc2c1CCN(c1cc(NC3(CO)CCC3)ncc1Cl)C2=O. The topological polar surface area (TPSA) is 83.3 Å². The number of aryl methyl sites for hydroxylation is 1. The molecule has 1 aliphatic carbocycles. The van der Waals surface area contributed by atoms with Crippen LogP contribution in [0.3, 0.4) is 0 Å². The number of amides is 1. The maximum absolute atomic E-state index is 14.3. The predicted octanol–water partition coefficient (Wildman–Crippen LogP) is 3.96. The first-order chi connectivity index (χ1) is 15.9. The number of hydrogen-bond donors (Lipinski definition) is 2. The Morgan fingerprint density at radius 3 is 2.82 bits per heavy atom. The van der Waals surface area contributed by atoms with Crippen LogP contribution in [0.4, 0.5) is 15.9 Å². The fourth-order valence-electron chi connectivity index (χ4n) is 4.60. The van der Waals surface area contributed by atoms with E-state index in [-0.39, 0.29) is 30.4 Å². The van der Waals surface area contributed by atoms with Crippen molar-refractivity contribution in [2.45, 2.75) is 44.7 Å².